The lowest BCUT2D eigenvalue weighted by molar-refractivity contribution is -0.126. The van der Waals surface area contributed by atoms with Crippen molar-refractivity contribution in [2.24, 2.45) is 5.84 Å². The van der Waals surface area contributed by atoms with E-state index in [1.54, 1.807) is 0 Å². The van der Waals surface area contributed by atoms with Gasteiger partial charge in [-0.2, -0.15) is 0 Å². The number of rotatable bonds is 8. The van der Waals surface area contributed by atoms with E-state index in [9.17, 15) is 4.79 Å². The Balaban J connectivity index is 4.42. The number of nitrogens with one attached hydrogen (secondary N) is 1. The minimum atomic E-state index is -0.0567. The molecule has 0 aliphatic heterocycles. The third-order valence-electron chi connectivity index (χ3n) is 2.47. The molecule has 0 fully saturated rings. The molecule has 0 spiro atoms. The average Bonchev–Trinajstić information content (AvgIpc) is 2.25. The molecule has 1 atom stereocenters. The van der Waals surface area contributed by atoms with Gasteiger partial charge in [0.2, 0.25) is 0 Å². The van der Waals surface area contributed by atoms with Crippen LogP contribution in [0.1, 0.15) is 46.5 Å². The summed E-state index contributed by atoms with van der Waals surface area (Å²) < 4.78 is 0. The van der Waals surface area contributed by atoms with Crippen LogP contribution in [0.15, 0.2) is 0 Å². The Labute approximate surface area is 93.2 Å². The Morgan fingerprint density at radius 2 is 1.73 bits per heavy atom. The second-order valence-corrected chi connectivity index (χ2v) is 3.85. The van der Waals surface area contributed by atoms with E-state index < -0.39 is 0 Å². The van der Waals surface area contributed by atoms with Crippen LogP contribution >= 0.6 is 0 Å². The van der Waals surface area contributed by atoms with Gasteiger partial charge in [-0.25, -0.2) is 5.84 Å². The van der Waals surface area contributed by atoms with E-state index in [1.807, 2.05) is 0 Å². The molecular formula is C11H25N3O. The Kier molecular flexibility index (Phi) is 8.33. The fraction of sp³-hybridized carbons (Fsp3) is 0.909. The Morgan fingerprint density at radius 1 is 1.20 bits per heavy atom. The summed E-state index contributed by atoms with van der Waals surface area (Å²) >= 11 is 0. The number of nitrogens with zero attached hydrogens (tertiary/aromatic N) is 1. The summed E-state index contributed by atoms with van der Waals surface area (Å²) in [6.45, 7) is 8.28. The first kappa shape index (κ1) is 14.4. The van der Waals surface area contributed by atoms with E-state index in [0.29, 0.717) is 0 Å². The zero-order valence-corrected chi connectivity index (χ0v) is 10.3. The zero-order valence-electron chi connectivity index (χ0n) is 10.3. The summed E-state index contributed by atoms with van der Waals surface area (Å²) in [6, 6.07) is -0.0556. The maximum atomic E-state index is 11.6. The molecular weight excluding hydrogens is 190 g/mol. The number of nitrogens with two attached hydrogens (primary N) is 1. The summed E-state index contributed by atoms with van der Waals surface area (Å²) in [7, 11) is 0. The molecule has 0 aromatic carbocycles. The molecule has 0 aliphatic rings. The number of hydrogen-bond donors (Lipinski definition) is 2. The maximum absolute atomic E-state index is 11.6. The second kappa shape index (κ2) is 8.68. The van der Waals surface area contributed by atoms with E-state index in [4.69, 9.17) is 5.84 Å². The van der Waals surface area contributed by atoms with Gasteiger partial charge in [0.05, 0.1) is 6.04 Å². The van der Waals surface area contributed by atoms with Gasteiger partial charge in [-0.1, -0.05) is 27.2 Å². The van der Waals surface area contributed by atoms with Crippen LogP contribution in [-0.2, 0) is 4.79 Å². The smallest absolute Gasteiger partial charge is 0.251 e. The highest BCUT2D eigenvalue weighted by Crippen LogP contribution is 2.09. The van der Waals surface area contributed by atoms with E-state index in [2.05, 4.69) is 31.1 Å². The van der Waals surface area contributed by atoms with Gasteiger partial charge in [-0.05, 0) is 32.4 Å². The van der Waals surface area contributed by atoms with Crippen molar-refractivity contribution >= 4 is 5.91 Å². The van der Waals surface area contributed by atoms with Gasteiger partial charge in [0.1, 0.15) is 0 Å². The number of carbonyl (C=O) groups is 1. The largest absolute Gasteiger partial charge is 0.293 e. The Bertz CT molecular complexity index is 167. The standard InChI is InChI=1S/C11H25N3O/c1-4-7-10(11(15)13-12)14(8-5-2)9-6-3/h10H,4-9,12H2,1-3H3,(H,13,15). The lowest BCUT2D eigenvalue weighted by atomic mass is 10.1. The minimum absolute atomic E-state index is 0.0556. The molecule has 1 amide bonds. The predicted octanol–water partition coefficient (Wildman–Crippen LogP) is 1.27. The number of hydrazine groups is 1. The number of amides is 1. The molecule has 0 aromatic rings. The van der Waals surface area contributed by atoms with Crippen LogP contribution in [0.3, 0.4) is 0 Å². The number of hydrogen-bond acceptors (Lipinski definition) is 3. The maximum Gasteiger partial charge on any atom is 0.251 e. The summed E-state index contributed by atoms with van der Waals surface area (Å²) in [4.78, 5) is 13.8. The molecule has 0 saturated carbocycles. The lowest BCUT2D eigenvalue weighted by Gasteiger charge is -2.29. The molecule has 3 N–H and O–H groups in total. The van der Waals surface area contributed by atoms with Crippen LogP contribution in [0.2, 0.25) is 0 Å². The molecule has 0 aliphatic carbocycles. The van der Waals surface area contributed by atoms with Crippen molar-refractivity contribution in [2.45, 2.75) is 52.5 Å². The fourth-order valence-electron chi connectivity index (χ4n) is 1.85. The molecule has 15 heavy (non-hydrogen) atoms. The number of carbonyl (C=O) groups excluding carboxylic acids is 1. The van der Waals surface area contributed by atoms with Crippen LogP contribution in [0, 0.1) is 0 Å². The van der Waals surface area contributed by atoms with Crippen LogP contribution in [0.25, 0.3) is 0 Å². The van der Waals surface area contributed by atoms with Crippen molar-refractivity contribution in [3.05, 3.63) is 0 Å². The highest BCUT2D eigenvalue weighted by molar-refractivity contribution is 5.81. The summed E-state index contributed by atoms with van der Waals surface area (Å²) in [5.41, 5.74) is 2.27. The van der Waals surface area contributed by atoms with Gasteiger partial charge in [-0.3, -0.25) is 15.1 Å². The topological polar surface area (TPSA) is 58.4 Å². The summed E-state index contributed by atoms with van der Waals surface area (Å²) in [5, 5.41) is 0. The van der Waals surface area contributed by atoms with Crippen molar-refractivity contribution in [1.82, 2.24) is 10.3 Å². The van der Waals surface area contributed by atoms with Crippen molar-refractivity contribution < 1.29 is 4.79 Å². The third-order valence-corrected chi connectivity index (χ3v) is 2.47. The van der Waals surface area contributed by atoms with Crippen molar-refractivity contribution in [1.29, 1.82) is 0 Å². The van der Waals surface area contributed by atoms with E-state index in [1.165, 1.54) is 0 Å². The average molecular weight is 215 g/mol. The first-order valence-corrected chi connectivity index (χ1v) is 5.95. The van der Waals surface area contributed by atoms with E-state index >= 15 is 0 Å². The minimum Gasteiger partial charge on any atom is -0.293 e. The van der Waals surface area contributed by atoms with E-state index in [-0.39, 0.29) is 11.9 Å². The van der Waals surface area contributed by atoms with Crippen molar-refractivity contribution in [2.75, 3.05) is 13.1 Å². The van der Waals surface area contributed by atoms with Gasteiger partial charge >= 0.3 is 0 Å². The highest BCUT2D eigenvalue weighted by atomic mass is 16.2. The molecule has 90 valence electrons. The van der Waals surface area contributed by atoms with Crippen molar-refractivity contribution in [3.63, 3.8) is 0 Å². The molecule has 0 bridgehead atoms. The predicted molar refractivity (Wildman–Crippen MR) is 63.2 cm³/mol. The van der Waals surface area contributed by atoms with Gasteiger partial charge in [0, 0.05) is 0 Å². The van der Waals surface area contributed by atoms with Crippen LogP contribution < -0.4 is 11.3 Å². The van der Waals surface area contributed by atoms with Crippen LogP contribution in [0.5, 0.6) is 0 Å². The third kappa shape index (κ3) is 5.14. The second-order valence-electron chi connectivity index (χ2n) is 3.85. The van der Waals surface area contributed by atoms with Gasteiger partial charge in [-0.15, -0.1) is 0 Å². The molecule has 0 saturated heterocycles. The Hall–Kier alpha value is -0.610. The quantitative estimate of drug-likeness (QED) is 0.364. The van der Waals surface area contributed by atoms with E-state index in [0.717, 1.165) is 38.8 Å². The molecule has 1 unspecified atom stereocenters. The van der Waals surface area contributed by atoms with Gasteiger partial charge in [0.25, 0.3) is 5.91 Å². The lowest BCUT2D eigenvalue weighted by Crippen LogP contribution is -2.49. The fourth-order valence-corrected chi connectivity index (χ4v) is 1.85. The first-order chi connectivity index (χ1) is 7.21. The molecule has 0 aromatic heterocycles. The normalized spacial score (nSPS) is 12.9. The zero-order chi connectivity index (χ0) is 11.7. The molecule has 0 heterocycles. The molecule has 4 heteroatoms. The molecule has 0 radical (unpaired) electrons. The first-order valence-electron chi connectivity index (χ1n) is 5.95. The Morgan fingerprint density at radius 3 is 2.07 bits per heavy atom. The summed E-state index contributed by atoms with van der Waals surface area (Å²) in [5.74, 6) is 5.15. The van der Waals surface area contributed by atoms with Crippen LogP contribution in [-0.4, -0.2) is 29.9 Å². The highest BCUT2D eigenvalue weighted by Gasteiger charge is 2.22. The summed E-state index contributed by atoms with van der Waals surface area (Å²) in [6.07, 6.45) is 4.02. The van der Waals surface area contributed by atoms with Crippen LogP contribution in [0.4, 0.5) is 0 Å². The monoisotopic (exact) mass is 215 g/mol. The van der Waals surface area contributed by atoms with Crippen molar-refractivity contribution in [3.8, 4) is 0 Å². The molecule has 4 nitrogen and oxygen atoms in total. The van der Waals surface area contributed by atoms with Gasteiger partial charge < -0.3 is 0 Å². The van der Waals surface area contributed by atoms with Gasteiger partial charge in [0.15, 0.2) is 0 Å². The molecule has 0 rings (SSSR count). The SMILES string of the molecule is CCCC(C(=O)NN)N(CCC)CCC.